The minimum atomic E-state index is 0.143. The van der Waals surface area contributed by atoms with Crippen molar-refractivity contribution < 1.29 is 0 Å². The van der Waals surface area contributed by atoms with Crippen LogP contribution < -0.4 is 0 Å². The summed E-state index contributed by atoms with van der Waals surface area (Å²) in [7, 11) is 0. The standard InChI is InChI=1S/C58H34N2Se/c1-3-16-42-40(14-1)54(37-26-24-35-12-10-30-59-50(35)32-37)41-15-2-4-17-43(41)56(42)39-28-29-48-53(34-39)61-52-23-9-22-49(58(48)52)57-46-20-7-5-18-44(46)55(45-19-6-8-21-47(45)57)38-27-25-36-13-11-31-60-51(36)33-38/h1-34H. The zero-order chi connectivity index (χ0) is 40.0. The van der Waals surface area contributed by atoms with Crippen molar-refractivity contribution in [3.05, 3.63) is 207 Å². The van der Waals surface area contributed by atoms with Crippen LogP contribution in [-0.2, 0) is 0 Å². The van der Waals surface area contributed by atoms with E-state index in [1.165, 1.54) is 107 Å². The van der Waals surface area contributed by atoms with Crippen LogP contribution in [0.25, 0.3) is 129 Å². The van der Waals surface area contributed by atoms with Crippen LogP contribution in [0.1, 0.15) is 0 Å². The van der Waals surface area contributed by atoms with E-state index < -0.39 is 0 Å². The molecule has 13 rings (SSSR count). The molecule has 0 unspecified atom stereocenters. The first-order valence-corrected chi connectivity index (χ1v) is 22.5. The van der Waals surface area contributed by atoms with Crippen molar-refractivity contribution in [2.24, 2.45) is 0 Å². The van der Waals surface area contributed by atoms with Gasteiger partial charge in [-0.05, 0) is 12.1 Å². The second kappa shape index (κ2) is 13.6. The van der Waals surface area contributed by atoms with Gasteiger partial charge in [0.05, 0.1) is 0 Å². The predicted molar refractivity (Wildman–Crippen MR) is 261 cm³/mol. The van der Waals surface area contributed by atoms with E-state index in [4.69, 9.17) is 9.97 Å². The first kappa shape index (κ1) is 34.4. The molecule has 3 aromatic heterocycles. The van der Waals surface area contributed by atoms with E-state index in [0.717, 1.165) is 21.8 Å². The summed E-state index contributed by atoms with van der Waals surface area (Å²) in [6.45, 7) is 0. The monoisotopic (exact) mass is 838 g/mol. The zero-order valence-corrected chi connectivity index (χ0v) is 34.6. The molecular formula is C58H34N2Se. The Labute approximate surface area is 357 Å². The molecule has 0 N–H and O–H groups in total. The Morgan fingerprint density at radius 3 is 1.20 bits per heavy atom. The van der Waals surface area contributed by atoms with Crippen molar-refractivity contribution in [1.82, 2.24) is 9.97 Å². The van der Waals surface area contributed by atoms with Gasteiger partial charge in [0, 0.05) is 0 Å². The number of hydrogen-bond acceptors (Lipinski definition) is 2. The molecule has 61 heavy (non-hydrogen) atoms. The quantitative estimate of drug-likeness (QED) is 0.130. The Kier molecular flexibility index (Phi) is 7.65. The van der Waals surface area contributed by atoms with Gasteiger partial charge in [-0.25, -0.2) is 0 Å². The van der Waals surface area contributed by atoms with E-state index in [0.29, 0.717) is 0 Å². The minimum absolute atomic E-state index is 0.143. The van der Waals surface area contributed by atoms with E-state index >= 15 is 0 Å². The average molecular weight is 838 g/mol. The third kappa shape index (κ3) is 5.28. The van der Waals surface area contributed by atoms with Gasteiger partial charge in [0.25, 0.3) is 0 Å². The number of rotatable bonds is 4. The molecule has 0 fully saturated rings. The first-order valence-electron chi connectivity index (χ1n) is 20.8. The van der Waals surface area contributed by atoms with Crippen LogP contribution >= 0.6 is 0 Å². The number of aromatic nitrogens is 2. The predicted octanol–water partition coefficient (Wildman–Crippen LogP) is 15.4. The van der Waals surface area contributed by atoms with Crippen molar-refractivity contribution in [2.45, 2.75) is 0 Å². The van der Waals surface area contributed by atoms with Gasteiger partial charge in [-0.1, -0.05) is 0 Å². The van der Waals surface area contributed by atoms with Gasteiger partial charge < -0.3 is 0 Å². The van der Waals surface area contributed by atoms with Crippen molar-refractivity contribution in [2.75, 3.05) is 0 Å². The Bertz CT molecular complexity index is 3840. The van der Waals surface area contributed by atoms with Gasteiger partial charge in [0.15, 0.2) is 0 Å². The van der Waals surface area contributed by atoms with E-state index in [9.17, 15) is 0 Å². The van der Waals surface area contributed by atoms with Crippen LogP contribution in [0, 0.1) is 0 Å². The van der Waals surface area contributed by atoms with Crippen LogP contribution in [0.4, 0.5) is 0 Å². The third-order valence-electron chi connectivity index (χ3n) is 12.7. The molecule has 13 aromatic rings. The molecule has 0 saturated carbocycles. The number of fused-ring (bicyclic) bond motifs is 9. The molecule has 0 atom stereocenters. The first-order chi connectivity index (χ1) is 30.3. The number of hydrogen-bond donors (Lipinski definition) is 0. The van der Waals surface area contributed by atoms with Crippen molar-refractivity contribution in [1.29, 1.82) is 0 Å². The van der Waals surface area contributed by atoms with Crippen LogP contribution in [0.2, 0.25) is 0 Å². The van der Waals surface area contributed by atoms with E-state index in [2.05, 4.69) is 182 Å². The summed E-state index contributed by atoms with van der Waals surface area (Å²) in [5, 5.41) is 15.1. The van der Waals surface area contributed by atoms with Crippen LogP contribution in [0.3, 0.4) is 0 Å². The summed E-state index contributed by atoms with van der Waals surface area (Å²) in [6, 6.07) is 71.8. The molecule has 282 valence electrons. The Morgan fingerprint density at radius 2 is 0.721 bits per heavy atom. The third-order valence-corrected chi connectivity index (χ3v) is 15.1. The van der Waals surface area contributed by atoms with E-state index in [1.807, 2.05) is 24.5 Å². The molecule has 0 aliphatic rings. The molecule has 3 heterocycles. The summed E-state index contributed by atoms with van der Waals surface area (Å²) < 4.78 is 2.86. The van der Waals surface area contributed by atoms with Gasteiger partial charge in [-0.2, -0.15) is 0 Å². The molecule has 0 radical (unpaired) electrons. The van der Waals surface area contributed by atoms with Crippen LogP contribution in [0.15, 0.2) is 207 Å². The van der Waals surface area contributed by atoms with Crippen LogP contribution in [-0.4, -0.2) is 24.5 Å². The van der Waals surface area contributed by atoms with Crippen molar-refractivity contribution >= 4 is 98.7 Å². The molecule has 0 aliphatic heterocycles. The average Bonchev–Trinajstić information content (AvgIpc) is 3.70. The normalized spacial score (nSPS) is 11.9. The van der Waals surface area contributed by atoms with E-state index in [1.54, 1.807) is 0 Å². The van der Waals surface area contributed by atoms with Crippen LogP contribution in [0.5, 0.6) is 0 Å². The molecule has 0 spiro atoms. The number of nitrogens with zero attached hydrogens (tertiary/aromatic N) is 2. The van der Waals surface area contributed by atoms with Gasteiger partial charge in [-0.3, -0.25) is 0 Å². The topological polar surface area (TPSA) is 25.8 Å². The summed E-state index contributed by atoms with van der Waals surface area (Å²) in [6.07, 6.45) is 3.77. The van der Waals surface area contributed by atoms with Gasteiger partial charge in [0.2, 0.25) is 0 Å². The Hall–Kier alpha value is -7.42. The molecule has 0 amide bonds. The molecule has 0 saturated heterocycles. The Balaban J connectivity index is 1.04. The molecule has 10 aromatic carbocycles. The molecule has 2 nitrogen and oxygen atoms in total. The molecular weight excluding hydrogens is 804 g/mol. The SMILES string of the molecule is c1cnc2cc(-c3c4ccccc4c(-c4ccc5c(c4)[se]c4cccc(-c6c7ccccc7c(-c7ccc8cccnc8c7)c7ccccc67)c45)c4ccccc34)ccc2c1. The van der Waals surface area contributed by atoms with Gasteiger partial charge in [0.1, 0.15) is 0 Å². The number of pyridine rings is 2. The van der Waals surface area contributed by atoms with E-state index in [-0.39, 0.29) is 14.5 Å². The fourth-order valence-electron chi connectivity index (χ4n) is 10.1. The fraction of sp³-hybridized carbons (Fsp3) is 0. The van der Waals surface area contributed by atoms with Crippen molar-refractivity contribution in [3.8, 4) is 44.5 Å². The zero-order valence-electron chi connectivity index (χ0n) is 32.9. The van der Waals surface area contributed by atoms with Crippen molar-refractivity contribution in [3.63, 3.8) is 0 Å². The van der Waals surface area contributed by atoms with Gasteiger partial charge in [-0.15, -0.1) is 0 Å². The summed E-state index contributed by atoms with van der Waals surface area (Å²) in [5.74, 6) is 0. The second-order valence-corrected chi connectivity index (χ2v) is 18.3. The molecule has 0 aliphatic carbocycles. The van der Waals surface area contributed by atoms with Gasteiger partial charge >= 0.3 is 348 Å². The number of benzene rings is 10. The molecule has 3 heteroatoms. The second-order valence-electron chi connectivity index (χ2n) is 16.0. The Morgan fingerprint density at radius 1 is 0.295 bits per heavy atom. The molecule has 0 bridgehead atoms. The summed E-state index contributed by atoms with van der Waals surface area (Å²) in [5.41, 5.74) is 12.1. The summed E-state index contributed by atoms with van der Waals surface area (Å²) in [4.78, 5) is 9.46. The maximum atomic E-state index is 4.73. The maximum absolute atomic E-state index is 4.73. The fourth-order valence-corrected chi connectivity index (χ4v) is 12.6. The summed E-state index contributed by atoms with van der Waals surface area (Å²) >= 11 is 0.143.